The summed E-state index contributed by atoms with van der Waals surface area (Å²) >= 11 is 5.88. The van der Waals surface area contributed by atoms with Crippen LogP contribution < -0.4 is 5.73 Å². The van der Waals surface area contributed by atoms with Crippen molar-refractivity contribution in [1.82, 2.24) is 0 Å². The topological polar surface area (TPSA) is 59.4 Å². The zero-order chi connectivity index (χ0) is 11.3. The van der Waals surface area contributed by atoms with Crippen molar-refractivity contribution in [2.24, 2.45) is 0 Å². The van der Waals surface area contributed by atoms with Gasteiger partial charge in [-0.2, -0.15) is 0 Å². The fourth-order valence-corrected chi connectivity index (χ4v) is 1.99. The molecule has 0 aliphatic rings. The normalized spacial score (nSPS) is 11.3. The summed E-state index contributed by atoms with van der Waals surface area (Å²) in [5, 5.41) is 11.9. The second-order valence-electron chi connectivity index (χ2n) is 3.62. The number of hydrogen-bond acceptors (Lipinski definition) is 3. The Morgan fingerprint density at radius 1 is 1.12 bits per heavy atom. The maximum atomic E-state index is 9.49. The first kappa shape index (κ1) is 9.36. The van der Waals surface area contributed by atoms with Gasteiger partial charge in [-0.25, -0.2) is 0 Å². The molecule has 0 saturated heterocycles. The lowest BCUT2D eigenvalue weighted by atomic mass is 10.1. The van der Waals surface area contributed by atoms with E-state index in [4.69, 9.17) is 21.8 Å². The monoisotopic (exact) mass is 233 g/mol. The van der Waals surface area contributed by atoms with Gasteiger partial charge in [-0.05, 0) is 24.3 Å². The highest BCUT2D eigenvalue weighted by molar-refractivity contribution is 6.31. The fraction of sp³-hybridized carbons (Fsp3) is 0. The second kappa shape index (κ2) is 3.06. The molecule has 0 atom stereocenters. The van der Waals surface area contributed by atoms with Crippen molar-refractivity contribution in [2.75, 3.05) is 5.73 Å². The van der Waals surface area contributed by atoms with Crippen molar-refractivity contribution < 1.29 is 9.52 Å². The van der Waals surface area contributed by atoms with E-state index in [0.29, 0.717) is 16.2 Å². The van der Waals surface area contributed by atoms with E-state index in [1.165, 1.54) is 0 Å². The molecule has 0 unspecified atom stereocenters. The molecule has 0 bridgehead atoms. The Hall–Kier alpha value is -1.87. The fourth-order valence-electron chi connectivity index (χ4n) is 1.82. The Bertz CT molecular complexity index is 703. The molecule has 0 amide bonds. The van der Waals surface area contributed by atoms with E-state index >= 15 is 0 Å². The zero-order valence-corrected chi connectivity index (χ0v) is 8.95. The van der Waals surface area contributed by atoms with Crippen LogP contribution in [-0.2, 0) is 0 Å². The van der Waals surface area contributed by atoms with Crippen molar-refractivity contribution >= 4 is 39.2 Å². The van der Waals surface area contributed by atoms with Crippen molar-refractivity contribution in [3.8, 4) is 5.75 Å². The molecule has 0 spiro atoms. The first-order valence-corrected chi connectivity index (χ1v) is 5.14. The van der Waals surface area contributed by atoms with E-state index in [2.05, 4.69) is 0 Å². The molecule has 3 aromatic rings. The molecule has 0 fully saturated rings. The minimum absolute atomic E-state index is 0.0256. The van der Waals surface area contributed by atoms with Gasteiger partial charge in [0.15, 0.2) is 5.58 Å². The molecule has 1 aromatic heterocycles. The predicted octanol–water partition coefficient (Wildman–Crippen LogP) is 3.53. The van der Waals surface area contributed by atoms with E-state index in [1.807, 2.05) is 6.07 Å². The summed E-state index contributed by atoms with van der Waals surface area (Å²) in [6, 6.07) is 8.73. The van der Waals surface area contributed by atoms with Crippen LogP contribution >= 0.6 is 11.6 Å². The standard InChI is InChI=1S/C12H8ClNO2/c13-6-1-2-7-8-3-4-9(15)11(14)12(8)16-10(7)5-6/h1-5,15H,14H2. The maximum absolute atomic E-state index is 9.49. The van der Waals surface area contributed by atoms with Gasteiger partial charge in [0, 0.05) is 21.9 Å². The molecule has 4 heteroatoms. The second-order valence-corrected chi connectivity index (χ2v) is 4.05. The van der Waals surface area contributed by atoms with E-state index in [-0.39, 0.29) is 11.4 Å². The number of fused-ring (bicyclic) bond motifs is 3. The minimum atomic E-state index is 0.0256. The number of nitrogens with two attached hydrogens (primary N) is 1. The first-order chi connectivity index (χ1) is 7.66. The Kier molecular flexibility index (Phi) is 1.79. The highest BCUT2D eigenvalue weighted by Gasteiger charge is 2.11. The quantitative estimate of drug-likeness (QED) is 0.461. The Morgan fingerprint density at radius 3 is 2.69 bits per heavy atom. The third-order valence-electron chi connectivity index (χ3n) is 2.62. The third kappa shape index (κ3) is 1.15. The highest BCUT2D eigenvalue weighted by Crippen LogP contribution is 2.37. The predicted molar refractivity (Wildman–Crippen MR) is 64.8 cm³/mol. The molecular formula is C12H8ClNO2. The summed E-state index contributed by atoms with van der Waals surface area (Å²) in [4.78, 5) is 0. The summed E-state index contributed by atoms with van der Waals surface area (Å²) in [6.45, 7) is 0. The number of nitrogen functional groups attached to an aromatic ring is 1. The summed E-state index contributed by atoms with van der Waals surface area (Å²) in [7, 11) is 0. The van der Waals surface area contributed by atoms with Crippen molar-refractivity contribution in [3.05, 3.63) is 35.4 Å². The van der Waals surface area contributed by atoms with Crippen molar-refractivity contribution in [2.45, 2.75) is 0 Å². The molecule has 2 aromatic carbocycles. The number of halogens is 1. The molecule has 16 heavy (non-hydrogen) atoms. The van der Waals surface area contributed by atoms with Gasteiger partial charge in [0.2, 0.25) is 0 Å². The molecule has 0 aliphatic carbocycles. The van der Waals surface area contributed by atoms with Crippen LogP contribution in [0.2, 0.25) is 5.02 Å². The van der Waals surface area contributed by atoms with E-state index < -0.39 is 0 Å². The number of hydrogen-bond donors (Lipinski definition) is 2. The summed E-state index contributed by atoms with van der Waals surface area (Å²) in [5.41, 5.74) is 7.16. The average Bonchev–Trinajstić information content (AvgIpc) is 2.62. The number of aromatic hydroxyl groups is 1. The highest BCUT2D eigenvalue weighted by atomic mass is 35.5. The number of anilines is 1. The molecule has 1 heterocycles. The molecule has 3 N–H and O–H groups in total. The van der Waals surface area contributed by atoms with Gasteiger partial charge in [-0.3, -0.25) is 0 Å². The lowest BCUT2D eigenvalue weighted by molar-refractivity contribution is 0.477. The van der Waals surface area contributed by atoms with Crippen LogP contribution in [0.15, 0.2) is 34.7 Å². The number of phenols is 1. The van der Waals surface area contributed by atoms with Crippen LogP contribution in [0.5, 0.6) is 5.75 Å². The first-order valence-electron chi connectivity index (χ1n) is 4.76. The Labute approximate surface area is 96.0 Å². The van der Waals surface area contributed by atoms with Crippen LogP contribution in [0.25, 0.3) is 21.9 Å². The van der Waals surface area contributed by atoms with Crippen molar-refractivity contribution in [1.29, 1.82) is 0 Å². The number of furan rings is 1. The minimum Gasteiger partial charge on any atom is -0.506 e. The molecule has 0 saturated carbocycles. The van der Waals surface area contributed by atoms with Crippen LogP contribution in [0.3, 0.4) is 0 Å². The van der Waals surface area contributed by atoms with E-state index in [1.54, 1.807) is 24.3 Å². The Balaban J connectivity index is 2.55. The molecular weight excluding hydrogens is 226 g/mol. The largest absolute Gasteiger partial charge is 0.506 e. The summed E-state index contributed by atoms with van der Waals surface area (Å²) in [5.74, 6) is 0.0256. The molecule has 0 radical (unpaired) electrons. The summed E-state index contributed by atoms with van der Waals surface area (Å²) in [6.07, 6.45) is 0. The van der Waals surface area contributed by atoms with Crippen LogP contribution in [-0.4, -0.2) is 5.11 Å². The zero-order valence-electron chi connectivity index (χ0n) is 8.20. The van der Waals surface area contributed by atoms with Crippen LogP contribution in [0.1, 0.15) is 0 Å². The SMILES string of the molecule is Nc1c(O)ccc2c1oc1cc(Cl)ccc12. The van der Waals surface area contributed by atoms with Gasteiger partial charge in [0.25, 0.3) is 0 Å². The van der Waals surface area contributed by atoms with Gasteiger partial charge in [-0.1, -0.05) is 11.6 Å². The van der Waals surface area contributed by atoms with Crippen molar-refractivity contribution in [3.63, 3.8) is 0 Å². The number of phenolic OH excluding ortho intramolecular Hbond substituents is 1. The van der Waals surface area contributed by atoms with Crippen LogP contribution in [0, 0.1) is 0 Å². The average molecular weight is 234 g/mol. The third-order valence-corrected chi connectivity index (χ3v) is 2.85. The Morgan fingerprint density at radius 2 is 1.88 bits per heavy atom. The smallest absolute Gasteiger partial charge is 0.162 e. The van der Waals surface area contributed by atoms with Gasteiger partial charge in [0.1, 0.15) is 17.0 Å². The maximum Gasteiger partial charge on any atom is 0.162 e. The van der Waals surface area contributed by atoms with E-state index in [9.17, 15) is 5.11 Å². The number of benzene rings is 2. The summed E-state index contributed by atoms with van der Waals surface area (Å²) < 4.78 is 5.58. The lowest BCUT2D eigenvalue weighted by Gasteiger charge is -1.97. The van der Waals surface area contributed by atoms with Gasteiger partial charge in [0.05, 0.1) is 0 Å². The molecule has 3 nitrogen and oxygen atoms in total. The molecule has 80 valence electrons. The number of rotatable bonds is 0. The van der Waals surface area contributed by atoms with Gasteiger partial charge >= 0.3 is 0 Å². The molecule has 3 rings (SSSR count). The van der Waals surface area contributed by atoms with Crippen LogP contribution in [0.4, 0.5) is 5.69 Å². The lowest BCUT2D eigenvalue weighted by Crippen LogP contribution is -1.85. The van der Waals surface area contributed by atoms with E-state index in [0.717, 1.165) is 10.8 Å². The van der Waals surface area contributed by atoms with Gasteiger partial charge < -0.3 is 15.3 Å². The molecule has 0 aliphatic heterocycles. The van der Waals surface area contributed by atoms with Gasteiger partial charge in [-0.15, -0.1) is 0 Å².